The lowest BCUT2D eigenvalue weighted by atomic mass is 10.0. The molecule has 5 rings (SSSR count). The van der Waals surface area contributed by atoms with Gasteiger partial charge >= 0.3 is 12.1 Å². The first-order valence-corrected chi connectivity index (χ1v) is 10.1. The molecule has 0 aliphatic heterocycles. The molecule has 3 heterocycles. The number of aliphatic carboxylic acids is 1. The number of fused-ring (bicyclic) bond motifs is 1. The van der Waals surface area contributed by atoms with Gasteiger partial charge in [0.05, 0.1) is 5.39 Å². The van der Waals surface area contributed by atoms with E-state index < -0.39 is 23.6 Å². The van der Waals surface area contributed by atoms with Crippen molar-refractivity contribution in [2.45, 2.75) is 31.3 Å². The number of nitrogens with zero attached hydrogens (tertiary/aromatic N) is 3. The standard InChI is InChI=1S/C22H20N4O6/c1-12(13-6-4-3-5-7-13)30-21(29)23-18-17(24-25-26(18)2)15-10-14-11-16(32-19(14)31-15)22(8-9-22)20(27)28/h3-7,10-12H,8-9H2,1-2H3,(H,23,29)(H,27,28). The maximum atomic E-state index is 12.5. The normalized spacial score (nSPS) is 15.4. The summed E-state index contributed by atoms with van der Waals surface area (Å²) >= 11 is 0. The van der Waals surface area contributed by atoms with Crippen LogP contribution >= 0.6 is 0 Å². The highest BCUT2D eigenvalue weighted by molar-refractivity contribution is 5.90. The fourth-order valence-corrected chi connectivity index (χ4v) is 3.62. The molecule has 1 aliphatic rings. The van der Waals surface area contributed by atoms with Crippen molar-refractivity contribution in [3.63, 3.8) is 0 Å². The lowest BCUT2D eigenvalue weighted by Gasteiger charge is -2.14. The Kier molecular flexibility index (Phi) is 4.50. The minimum absolute atomic E-state index is 0.194. The molecule has 1 amide bonds. The molecule has 32 heavy (non-hydrogen) atoms. The molecule has 10 nitrogen and oxygen atoms in total. The number of carboxylic acids is 1. The number of aryl methyl sites for hydroxylation is 1. The highest BCUT2D eigenvalue weighted by Crippen LogP contribution is 2.50. The van der Waals surface area contributed by atoms with E-state index in [2.05, 4.69) is 15.6 Å². The third-order valence-electron chi connectivity index (χ3n) is 5.68. The van der Waals surface area contributed by atoms with Crippen molar-refractivity contribution in [1.82, 2.24) is 15.0 Å². The molecule has 0 bridgehead atoms. The van der Waals surface area contributed by atoms with Crippen LogP contribution in [-0.4, -0.2) is 32.2 Å². The minimum atomic E-state index is -0.958. The van der Waals surface area contributed by atoms with Gasteiger partial charge in [-0.3, -0.25) is 10.1 Å². The number of carboxylic acid groups (broad SMARTS) is 1. The van der Waals surface area contributed by atoms with E-state index in [1.807, 2.05) is 30.3 Å². The average Bonchev–Trinajstić information content (AvgIpc) is 3.18. The monoisotopic (exact) mass is 436 g/mol. The van der Waals surface area contributed by atoms with E-state index in [-0.39, 0.29) is 11.6 Å². The van der Waals surface area contributed by atoms with E-state index in [4.69, 9.17) is 13.6 Å². The summed E-state index contributed by atoms with van der Waals surface area (Å²) in [7, 11) is 1.63. The molecule has 0 radical (unpaired) electrons. The summed E-state index contributed by atoms with van der Waals surface area (Å²) in [6, 6.07) is 12.7. The van der Waals surface area contributed by atoms with Crippen molar-refractivity contribution in [2.24, 2.45) is 7.05 Å². The Morgan fingerprint density at radius 1 is 1.22 bits per heavy atom. The Balaban J connectivity index is 1.36. The Hall–Kier alpha value is -4.08. The van der Waals surface area contributed by atoms with Gasteiger partial charge in [-0.15, -0.1) is 5.10 Å². The van der Waals surface area contributed by atoms with E-state index >= 15 is 0 Å². The van der Waals surface area contributed by atoms with Crippen LogP contribution in [0.15, 0.2) is 51.3 Å². The zero-order valence-corrected chi connectivity index (χ0v) is 17.4. The lowest BCUT2D eigenvalue weighted by molar-refractivity contribution is -0.140. The van der Waals surface area contributed by atoms with Crippen LogP contribution in [0, 0.1) is 0 Å². The fourth-order valence-electron chi connectivity index (χ4n) is 3.62. The molecule has 2 N–H and O–H groups in total. The predicted molar refractivity (Wildman–Crippen MR) is 112 cm³/mol. The molecule has 4 aromatic rings. The second kappa shape index (κ2) is 7.26. The third-order valence-corrected chi connectivity index (χ3v) is 5.68. The van der Waals surface area contributed by atoms with Gasteiger partial charge in [0.15, 0.2) is 17.3 Å². The molecule has 164 valence electrons. The van der Waals surface area contributed by atoms with Crippen molar-refractivity contribution in [1.29, 1.82) is 0 Å². The van der Waals surface area contributed by atoms with Crippen LogP contribution in [0.5, 0.6) is 0 Å². The van der Waals surface area contributed by atoms with Crippen LogP contribution in [-0.2, 0) is 22.0 Å². The lowest BCUT2D eigenvalue weighted by Crippen LogP contribution is -2.18. The van der Waals surface area contributed by atoms with Crippen LogP contribution in [0.3, 0.4) is 0 Å². The molecule has 1 saturated carbocycles. The second-order valence-corrected chi connectivity index (χ2v) is 7.84. The van der Waals surface area contributed by atoms with Gasteiger partial charge < -0.3 is 18.7 Å². The zero-order chi connectivity index (χ0) is 22.5. The van der Waals surface area contributed by atoms with E-state index in [1.54, 1.807) is 26.1 Å². The first kappa shape index (κ1) is 19.9. The van der Waals surface area contributed by atoms with Gasteiger partial charge in [-0.25, -0.2) is 9.48 Å². The van der Waals surface area contributed by atoms with E-state index in [1.165, 1.54) is 4.68 Å². The molecule has 3 aromatic heterocycles. The Morgan fingerprint density at radius 3 is 2.62 bits per heavy atom. The van der Waals surface area contributed by atoms with Gasteiger partial charge in [-0.2, -0.15) is 0 Å². The molecular formula is C22H20N4O6. The SMILES string of the molecule is CC(OC(=O)Nc1c(-c2cc3cc(C4(C(=O)O)CC4)oc3o2)nnn1C)c1ccccc1. The Morgan fingerprint density at radius 2 is 1.97 bits per heavy atom. The van der Waals surface area contributed by atoms with Crippen molar-refractivity contribution in [2.75, 3.05) is 5.32 Å². The van der Waals surface area contributed by atoms with Crippen LogP contribution < -0.4 is 5.32 Å². The van der Waals surface area contributed by atoms with Gasteiger partial charge in [0.25, 0.3) is 5.78 Å². The van der Waals surface area contributed by atoms with Crippen molar-refractivity contribution in [3.05, 3.63) is 53.8 Å². The van der Waals surface area contributed by atoms with Gasteiger partial charge in [0.2, 0.25) is 0 Å². The Bertz CT molecular complexity index is 1280. The molecule has 0 spiro atoms. The number of carbonyl (C=O) groups is 2. The maximum absolute atomic E-state index is 12.5. The number of aromatic nitrogens is 3. The molecular weight excluding hydrogens is 416 g/mol. The second-order valence-electron chi connectivity index (χ2n) is 7.84. The number of hydrogen-bond donors (Lipinski definition) is 2. The van der Waals surface area contributed by atoms with E-state index in [9.17, 15) is 14.7 Å². The summed E-state index contributed by atoms with van der Waals surface area (Å²) in [4.78, 5) is 24.0. The largest absolute Gasteiger partial charge is 0.480 e. The van der Waals surface area contributed by atoms with Crippen LogP contribution in [0.1, 0.15) is 37.2 Å². The zero-order valence-electron chi connectivity index (χ0n) is 17.4. The molecule has 1 aliphatic carbocycles. The first-order valence-electron chi connectivity index (χ1n) is 10.1. The average molecular weight is 436 g/mol. The predicted octanol–water partition coefficient (Wildman–Crippen LogP) is 4.25. The smallest absolute Gasteiger partial charge is 0.413 e. The topological polar surface area (TPSA) is 133 Å². The number of carbonyl (C=O) groups excluding carboxylic acids is 1. The number of rotatable bonds is 6. The number of ether oxygens (including phenoxy) is 1. The summed E-state index contributed by atoms with van der Waals surface area (Å²) in [5, 5.41) is 20.8. The summed E-state index contributed by atoms with van der Waals surface area (Å²) in [6.07, 6.45) is -0.0445. The number of benzene rings is 1. The van der Waals surface area contributed by atoms with Crippen molar-refractivity contribution >= 4 is 29.0 Å². The van der Waals surface area contributed by atoms with Gasteiger partial charge in [0.1, 0.15) is 17.3 Å². The summed E-state index contributed by atoms with van der Waals surface area (Å²) in [5.41, 5.74) is 0.201. The molecule has 1 fully saturated rings. The van der Waals surface area contributed by atoms with E-state index in [0.29, 0.717) is 35.4 Å². The summed E-state index contributed by atoms with van der Waals surface area (Å²) < 4.78 is 18.3. The minimum Gasteiger partial charge on any atom is -0.480 e. The summed E-state index contributed by atoms with van der Waals surface area (Å²) in [6.45, 7) is 1.78. The maximum Gasteiger partial charge on any atom is 0.413 e. The van der Waals surface area contributed by atoms with Gasteiger partial charge in [-0.1, -0.05) is 35.5 Å². The highest BCUT2D eigenvalue weighted by Gasteiger charge is 2.54. The number of amides is 1. The van der Waals surface area contributed by atoms with Crippen molar-refractivity contribution < 1.29 is 28.3 Å². The van der Waals surface area contributed by atoms with Crippen molar-refractivity contribution in [3.8, 4) is 11.5 Å². The quantitative estimate of drug-likeness (QED) is 0.458. The molecule has 1 atom stereocenters. The highest BCUT2D eigenvalue weighted by atomic mass is 16.6. The van der Waals surface area contributed by atoms with Crippen LogP contribution in [0.2, 0.25) is 0 Å². The number of furan rings is 2. The van der Waals surface area contributed by atoms with Gasteiger partial charge in [-0.05, 0) is 37.5 Å². The molecule has 1 aromatic carbocycles. The number of nitrogens with one attached hydrogen (secondary N) is 1. The number of hydrogen-bond acceptors (Lipinski definition) is 7. The Labute approximate surface area is 181 Å². The first-order chi connectivity index (χ1) is 15.4. The van der Waals surface area contributed by atoms with Crippen LogP contribution in [0.25, 0.3) is 22.6 Å². The molecule has 1 unspecified atom stereocenters. The third kappa shape index (κ3) is 3.29. The number of anilines is 1. The van der Waals surface area contributed by atoms with Gasteiger partial charge in [0, 0.05) is 7.05 Å². The van der Waals surface area contributed by atoms with E-state index in [0.717, 1.165) is 5.56 Å². The fraction of sp³-hybridized carbons (Fsp3) is 0.273. The molecule has 0 saturated heterocycles. The summed E-state index contributed by atoms with van der Waals surface area (Å²) in [5.74, 6) is 0.277. The van der Waals surface area contributed by atoms with Crippen LogP contribution in [0.4, 0.5) is 10.6 Å². The molecule has 10 heteroatoms.